The topological polar surface area (TPSA) is 149 Å². The summed E-state index contributed by atoms with van der Waals surface area (Å²) in [5.41, 5.74) is 0. The Morgan fingerprint density at radius 1 is 0.577 bits per heavy atom. The van der Waals surface area contributed by atoms with Crippen LogP contribution in [0.1, 0.15) is 213 Å². The average molecular weight is 744 g/mol. The second kappa shape index (κ2) is 34.7. The van der Waals surface area contributed by atoms with Gasteiger partial charge in [0.1, 0.15) is 24.4 Å². The van der Waals surface area contributed by atoms with Gasteiger partial charge in [-0.2, -0.15) is 0 Å². The first-order valence-corrected chi connectivity index (χ1v) is 22.2. The highest BCUT2D eigenvalue weighted by Crippen LogP contribution is 2.23. The smallest absolute Gasteiger partial charge is 0.220 e. The molecular formula is C43H85NO8. The van der Waals surface area contributed by atoms with Crippen molar-refractivity contribution >= 4 is 5.91 Å². The molecular weight excluding hydrogens is 658 g/mol. The normalized spacial score (nSPS) is 21.7. The molecule has 1 fully saturated rings. The predicted molar refractivity (Wildman–Crippen MR) is 212 cm³/mol. The minimum Gasteiger partial charge on any atom is -0.394 e. The third kappa shape index (κ3) is 25.3. The van der Waals surface area contributed by atoms with Crippen LogP contribution in [0.25, 0.3) is 0 Å². The van der Waals surface area contributed by atoms with E-state index in [1.807, 2.05) is 0 Å². The van der Waals surface area contributed by atoms with E-state index in [4.69, 9.17) is 9.47 Å². The maximum atomic E-state index is 12.8. The summed E-state index contributed by atoms with van der Waals surface area (Å²) in [6.45, 7) is 3.77. The van der Waals surface area contributed by atoms with Crippen LogP contribution < -0.4 is 5.32 Å². The Hall–Kier alpha value is -0.810. The van der Waals surface area contributed by atoms with Crippen LogP contribution in [0.5, 0.6) is 0 Å². The molecule has 0 saturated carbocycles. The summed E-state index contributed by atoms with van der Waals surface area (Å²) >= 11 is 0. The quantitative estimate of drug-likeness (QED) is 0.0346. The fraction of sp³-hybridized carbons (Fsp3) is 0.977. The fourth-order valence-electron chi connectivity index (χ4n) is 7.34. The maximum absolute atomic E-state index is 12.8. The predicted octanol–water partition coefficient (Wildman–Crippen LogP) is 8.78. The number of hydrogen-bond acceptors (Lipinski definition) is 8. The SMILES string of the molecule is CCCCCCCCCCCCCCCCCCCCCCCCCC(O)C(COC1OC(CO)C(O)C(O)C1O)NC(=O)CCCCCCCC. The van der Waals surface area contributed by atoms with Crippen LogP contribution in [-0.4, -0.2) is 87.5 Å². The first kappa shape index (κ1) is 49.2. The van der Waals surface area contributed by atoms with Crippen molar-refractivity contribution in [3.63, 3.8) is 0 Å². The van der Waals surface area contributed by atoms with E-state index in [9.17, 15) is 30.3 Å². The lowest BCUT2D eigenvalue weighted by molar-refractivity contribution is -0.302. The molecule has 7 atom stereocenters. The van der Waals surface area contributed by atoms with Crippen molar-refractivity contribution in [1.82, 2.24) is 5.32 Å². The first-order valence-electron chi connectivity index (χ1n) is 22.2. The zero-order valence-electron chi connectivity index (χ0n) is 33.8. The summed E-state index contributed by atoms with van der Waals surface area (Å²) in [4.78, 5) is 12.8. The number of nitrogens with one attached hydrogen (secondary N) is 1. The van der Waals surface area contributed by atoms with E-state index < -0.39 is 49.5 Å². The Kier molecular flexibility index (Phi) is 32.8. The van der Waals surface area contributed by atoms with Gasteiger partial charge >= 0.3 is 0 Å². The van der Waals surface area contributed by atoms with Gasteiger partial charge in [-0.3, -0.25) is 4.79 Å². The summed E-state index contributed by atoms with van der Waals surface area (Å²) in [6, 6.07) is -0.709. The minimum absolute atomic E-state index is 0.133. The van der Waals surface area contributed by atoms with Crippen molar-refractivity contribution in [3.8, 4) is 0 Å². The molecule has 9 nitrogen and oxygen atoms in total. The van der Waals surface area contributed by atoms with E-state index in [-0.39, 0.29) is 12.5 Å². The molecule has 1 saturated heterocycles. The van der Waals surface area contributed by atoms with Gasteiger partial charge in [-0.15, -0.1) is 0 Å². The van der Waals surface area contributed by atoms with Gasteiger partial charge in [0.05, 0.1) is 25.4 Å². The van der Waals surface area contributed by atoms with Crippen molar-refractivity contribution < 1.29 is 39.8 Å². The van der Waals surface area contributed by atoms with E-state index in [0.717, 1.165) is 38.5 Å². The zero-order valence-corrected chi connectivity index (χ0v) is 33.8. The van der Waals surface area contributed by atoms with Gasteiger partial charge in [0, 0.05) is 6.42 Å². The molecule has 0 aliphatic carbocycles. The number of carbonyl (C=O) groups is 1. The van der Waals surface area contributed by atoms with E-state index in [1.165, 1.54) is 148 Å². The van der Waals surface area contributed by atoms with Crippen LogP contribution in [-0.2, 0) is 14.3 Å². The standard InChI is InChI=1S/C43H85NO8/c1-3-5-7-9-11-12-13-14-15-16-17-18-19-20-21-22-23-24-25-26-27-28-30-32-37(46)36(44-39(47)33-31-29-10-8-6-4-2)35-51-43-42(50)41(49)40(48)38(34-45)52-43/h36-38,40-43,45-46,48-50H,3-35H2,1-2H3,(H,44,47). The number of unbranched alkanes of at least 4 members (excludes halogenated alkanes) is 27. The third-order valence-electron chi connectivity index (χ3n) is 11.0. The van der Waals surface area contributed by atoms with Crippen LogP contribution in [0.2, 0.25) is 0 Å². The molecule has 6 N–H and O–H groups in total. The van der Waals surface area contributed by atoms with Crippen LogP contribution in [0.4, 0.5) is 0 Å². The fourth-order valence-corrected chi connectivity index (χ4v) is 7.34. The van der Waals surface area contributed by atoms with E-state index in [2.05, 4.69) is 19.2 Å². The largest absolute Gasteiger partial charge is 0.394 e. The molecule has 0 aromatic carbocycles. The lowest BCUT2D eigenvalue weighted by atomic mass is 9.99. The van der Waals surface area contributed by atoms with Crippen molar-refractivity contribution in [2.45, 2.75) is 256 Å². The number of aliphatic hydroxyl groups is 5. The summed E-state index contributed by atoms with van der Waals surface area (Å²) < 4.78 is 11.2. The summed E-state index contributed by atoms with van der Waals surface area (Å²) in [7, 11) is 0. The van der Waals surface area contributed by atoms with E-state index in [0.29, 0.717) is 12.8 Å². The van der Waals surface area contributed by atoms with Gasteiger partial charge in [-0.25, -0.2) is 0 Å². The van der Waals surface area contributed by atoms with Crippen molar-refractivity contribution in [2.75, 3.05) is 13.2 Å². The van der Waals surface area contributed by atoms with Gasteiger partial charge in [-0.05, 0) is 12.8 Å². The number of hydrogen-bond donors (Lipinski definition) is 6. The Labute approximate surface area is 319 Å². The van der Waals surface area contributed by atoms with Crippen molar-refractivity contribution in [3.05, 3.63) is 0 Å². The Morgan fingerprint density at radius 2 is 0.962 bits per heavy atom. The van der Waals surface area contributed by atoms with Gasteiger partial charge in [0.15, 0.2) is 6.29 Å². The molecule has 1 rings (SSSR count). The molecule has 52 heavy (non-hydrogen) atoms. The molecule has 1 aliphatic heterocycles. The average Bonchev–Trinajstić information content (AvgIpc) is 3.14. The van der Waals surface area contributed by atoms with E-state index >= 15 is 0 Å². The molecule has 1 aliphatic rings. The molecule has 7 unspecified atom stereocenters. The molecule has 0 bridgehead atoms. The monoisotopic (exact) mass is 744 g/mol. The molecule has 310 valence electrons. The van der Waals surface area contributed by atoms with Crippen LogP contribution in [0, 0.1) is 0 Å². The number of amides is 1. The van der Waals surface area contributed by atoms with Gasteiger partial charge in [0.25, 0.3) is 0 Å². The molecule has 9 heteroatoms. The Bertz CT molecular complexity index is 786. The van der Waals surface area contributed by atoms with Crippen LogP contribution in [0.3, 0.4) is 0 Å². The van der Waals surface area contributed by atoms with Crippen LogP contribution in [0.15, 0.2) is 0 Å². The van der Waals surface area contributed by atoms with Gasteiger partial charge < -0.3 is 40.3 Å². The van der Waals surface area contributed by atoms with Crippen molar-refractivity contribution in [1.29, 1.82) is 0 Å². The van der Waals surface area contributed by atoms with Gasteiger partial charge in [0.2, 0.25) is 5.91 Å². The van der Waals surface area contributed by atoms with E-state index in [1.54, 1.807) is 0 Å². The number of carbonyl (C=O) groups excluding carboxylic acids is 1. The van der Waals surface area contributed by atoms with Crippen LogP contribution >= 0.6 is 0 Å². The number of ether oxygens (including phenoxy) is 2. The highest BCUT2D eigenvalue weighted by Gasteiger charge is 2.44. The zero-order chi connectivity index (χ0) is 38.1. The van der Waals surface area contributed by atoms with Crippen molar-refractivity contribution in [2.24, 2.45) is 0 Å². The number of aliphatic hydroxyl groups excluding tert-OH is 5. The molecule has 0 aromatic heterocycles. The second-order valence-corrected chi connectivity index (χ2v) is 15.9. The number of rotatable bonds is 37. The lowest BCUT2D eigenvalue weighted by Gasteiger charge is -2.40. The minimum atomic E-state index is -1.55. The lowest BCUT2D eigenvalue weighted by Crippen LogP contribution is -2.60. The Morgan fingerprint density at radius 3 is 1.37 bits per heavy atom. The highest BCUT2D eigenvalue weighted by molar-refractivity contribution is 5.76. The summed E-state index contributed by atoms with van der Waals surface area (Å²) in [6.07, 6.45) is 30.1. The Balaban J connectivity index is 2.18. The third-order valence-corrected chi connectivity index (χ3v) is 11.0. The first-order chi connectivity index (χ1) is 25.3. The molecule has 0 aromatic rings. The second-order valence-electron chi connectivity index (χ2n) is 15.9. The summed E-state index contributed by atoms with van der Waals surface area (Å²) in [5, 5.41) is 54.0. The molecule has 0 spiro atoms. The highest BCUT2D eigenvalue weighted by atomic mass is 16.7. The molecule has 1 heterocycles. The summed E-state index contributed by atoms with van der Waals surface area (Å²) in [5.74, 6) is -0.152. The maximum Gasteiger partial charge on any atom is 0.220 e. The molecule has 1 amide bonds. The van der Waals surface area contributed by atoms with Gasteiger partial charge in [-0.1, -0.05) is 194 Å². The molecule has 0 radical (unpaired) electrons.